The molecule has 0 saturated carbocycles. The molecule has 1 N–H and O–H groups in total. The van der Waals surface area contributed by atoms with Crippen LogP contribution in [-0.2, 0) is 10.0 Å². The molecule has 1 atom stereocenters. The first kappa shape index (κ1) is 18.1. The van der Waals surface area contributed by atoms with Gasteiger partial charge in [0.1, 0.15) is 23.8 Å². The predicted octanol–water partition coefficient (Wildman–Crippen LogP) is 2.33. The molecule has 146 valence electrons. The van der Waals surface area contributed by atoms with E-state index in [-0.39, 0.29) is 10.9 Å². The smallest absolute Gasteiger partial charge is 0.248 e. The first-order valence-corrected chi connectivity index (χ1v) is 10.5. The summed E-state index contributed by atoms with van der Waals surface area (Å²) in [6, 6.07) is 5.71. The zero-order valence-corrected chi connectivity index (χ0v) is 16.2. The van der Waals surface area contributed by atoms with E-state index in [1.807, 2.05) is 18.2 Å². The number of anilines is 1. The number of aromatic nitrogens is 1. The molecule has 1 saturated heterocycles. The molecule has 2 aliphatic rings. The van der Waals surface area contributed by atoms with Gasteiger partial charge in [-0.05, 0) is 38.8 Å². The standard InChI is InChI=1S/C18H23N3O5S/c1-12-18(13(2)26-20-12)27(22,23)21-7-3-4-15(11-21)19-14-5-6-16-17(10-14)25-9-8-24-16/h5-6,10,15,19H,3-4,7-9,11H2,1-2H3/t15-/m0/s1. The van der Waals surface area contributed by atoms with Crippen molar-refractivity contribution in [2.75, 3.05) is 31.6 Å². The average molecular weight is 393 g/mol. The lowest BCUT2D eigenvalue weighted by Crippen LogP contribution is -2.45. The number of benzene rings is 1. The van der Waals surface area contributed by atoms with Crippen molar-refractivity contribution in [2.24, 2.45) is 0 Å². The summed E-state index contributed by atoms with van der Waals surface area (Å²) in [5, 5.41) is 7.21. The molecular weight excluding hydrogens is 370 g/mol. The van der Waals surface area contributed by atoms with E-state index in [1.54, 1.807) is 13.8 Å². The SMILES string of the molecule is Cc1noc(C)c1S(=O)(=O)N1CCC[C@H](Nc2ccc3c(c2)OCCO3)C1. The fraction of sp³-hybridized carbons (Fsp3) is 0.500. The molecule has 0 unspecified atom stereocenters. The van der Waals surface area contributed by atoms with Gasteiger partial charge in [-0.2, -0.15) is 4.31 Å². The molecule has 4 rings (SSSR count). The van der Waals surface area contributed by atoms with Crippen molar-refractivity contribution in [2.45, 2.75) is 37.6 Å². The number of rotatable bonds is 4. The first-order chi connectivity index (χ1) is 12.9. The van der Waals surface area contributed by atoms with Crippen LogP contribution in [0.3, 0.4) is 0 Å². The van der Waals surface area contributed by atoms with Crippen molar-refractivity contribution in [1.29, 1.82) is 0 Å². The first-order valence-electron chi connectivity index (χ1n) is 9.04. The van der Waals surface area contributed by atoms with Gasteiger partial charge in [-0.3, -0.25) is 0 Å². The third-order valence-electron chi connectivity index (χ3n) is 4.86. The third kappa shape index (κ3) is 3.49. The number of sulfonamides is 1. The van der Waals surface area contributed by atoms with Gasteiger partial charge in [-0.25, -0.2) is 8.42 Å². The Morgan fingerprint density at radius 3 is 2.70 bits per heavy atom. The Kier molecular flexibility index (Phi) is 4.73. The van der Waals surface area contributed by atoms with Crippen LogP contribution in [0.4, 0.5) is 5.69 Å². The Bertz CT molecular complexity index is 921. The molecule has 0 bridgehead atoms. The molecule has 0 spiro atoms. The van der Waals surface area contributed by atoms with E-state index in [0.717, 1.165) is 24.3 Å². The number of piperidine rings is 1. The molecule has 3 heterocycles. The largest absolute Gasteiger partial charge is 0.486 e. The zero-order valence-electron chi connectivity index (χ0n) is 15.4. The molecule has 1 aromatic heterocycles. The number of nitrogens with zero attached hydrogens (tertiary/aromatic N) is 2. The highest BCUT2D eigenvalue weighted by molar-refractivity contribution is 7.89. The molecule has 9 heteroatoms. The molecule has 2 aromatic rings. The van der Waals surface area contributed by atoms with E-state index in [4.69, 9.17) is 14.0 Å². The Hall–Kier alpha value is -2.26. The van der Waals surface area contributed by atoms with Crippen molar-refractivity contribution in [1.82, 2.24) is 9.46 Å². The summed E-state index contributed by atoms with van der Waals surface area (Å²) in [5.74, 6) is 1.77. The van der Waals surface area contributed by atoms with Gasteiger partial charge >= 0.3 is 0 Å². The van der Waals surface area contributed by atoms with E-state index >= 15 is 0 Å². The minimum absolute atomic E-state index is 0.0107. The lowest BCUT2D eigenvalue weighted by molar-refractivity contribution is 0.171. The predicted molar refractivity (Wildman–Crippen MR) is 98.8 cm³/mol. The Morgan fingerprint density at radius 2 is 1.96 bits per heavy atom. The fourth-order valence-electron chi connectivity index (χ4n) is 3.62. The highest BCUT2D eigenvalue weighted by Crippen LogP contribution is 2.33. The monoisotopic (exact) mass is 393 g/mol. The quantitative estimate of drug-likeness (QED) is 0.852. The van der Waals surface area contributed by atoms with Crippen LogP contribution in [0.25, 0.3) is 0 Å². The summed E-state index contributed by atoms with van der Waals surface area (Å²) in [4.78, 5) is 0.183. The maximum Gasteiger partial charge on any atom is 0.248 e. The molecule has 0 aliphatic carbocycles. The van der Waals surface area contributed by atoms with Crippen LogP contribution >= 0.6 is 0 Å². The van der Waals surface area contributed by atoms with Gasteiger partial charge in [0.2, 0.25) is 10.0 Å². The molecule has 27 heavy (non-hydrogen) atoms. The van der Waals surface area contributed by atoms with Gasteiger partial charge < -0.3 is 19.3 Å². The fourth-order valence-corrected chi connectivity index (χ4v) is 5.43. The van der Waals surface area contributed by atoms with Crippen LogP contribution < -0.4 is 14.8 Å². The van der Waals surface area contributed by atoms with Crippen molar-refractivity contribution in [3.63, 3.8) is 0 Å². The Labute approximate surface area is 158 Å². The van der Waals surface area contributed by atoms with E-state index < -0.39 is 10.0 Å². The number of aryl methyl sites for hydroxylation is 2. The Morgan fingerprint density at radius 1 is 1.19 bits per heavy atom. The number of fused-ring (bicyclic) bond motifs is 1. The van der Waals surface area contributed by atoms with Crippen LogP contribution in [0.1, 0.15) is 24.3 Å². The second-order valence-corrected chi connectivity index (χ2v) is 8.73. The molecule has 2 aliphatic heterocycles. The molecule has 8 nitrogen and oxygen atoms in total. The van der Waals surface area contributed by atoms with Gasteiger partial charge in [0.05, 0.1) is 0 Å². The highest BCUT2D eigenvalue weighted by Gasteiger charge is 2.34. The number of hydrogen-bond acceptors (Lipinski definition) is 7. The lowest BCUT2D eigenvalue weighted by Gasteiger charge is -2.33. The number of nitrogens with one attached hydrogen (secondary N) is 1. The van der Waals surface area contributed by atoms with E-state index in [9.17, 15) is 8.42 Å². The van der Waals surface area contributed by atoms with Crippen LogP contribution in [0.2, 0.25) is 0 Å². The molecule has 0 amide bonds. The normalized spacial score (nSPS) is 20.4. The summed E-state index contributed by atoms with van der Waals surface area (Å²) in [6.07, 6.45) is 1.67. The van der Waals surface area contributed by atoms with Crippen LogP contribution in [0, 0.1) is 13.8 Å². The number of ether oxygens (including phenoxy) is 2. The summed E-state index contributed by atoms with van der Waals surface area (Å²) < 4.78 is 43.8. The summed E-state index contributed by atoms with van der Waals surface area (Å²) in [7, 11) is -3.63. The maximum atomic E-state index is 13.0. The van der Waals surface area contributed by atoms with Crippen LogP contribution in [0.5, 0.6) is 11.5 Å². The van der Waals surface area contributed by atoms with Gasteiger partial charge in [-0.15, -0.1) is 0 Å². The van der Waals surface area contributed by atoms with Crippen LogP contribution in [-0.4, -0.2) is 50.2 Å². The molecule has 1 aromatic carbocycles. The van der Waals surface area contributed by atoms with Gasteiger partial charge in [0.25, 0.3) is 0 Å². The van der Waals surface area contributed by atoms with E-state index in [2.05, 4.69) is 10.5 Å². The maximum absolute atomic E-state index is 13.0. The minimum atomic E-state index is -3.63. The second-order valence-electron chi connectivity index (χ2n) is 6.86. The number of hydrogen-bond donors (Lipinski definition) is 1. The molecule has 0 radical (unpaired) electrons. The zero-order chi connectivity index (χ0) is 19.0. The van der Waals surface area contributed by atoms with Crippen LogP contribution in [0.15, 0.2) is 27.6 Å². The molecular formula is C18H23N3O5S. The topological polar surface area (TPSA) is 93.9 Å². The summed E-state index contributed by atoms with van der Waals surface area (Å²) >= 11 is 0. The second kappa shape index (κ2) is 7.05. The van der Waals surface area contributed by atoms with Crippen molar-refractivity contribution >= 4 is 15.7 Å². The van der Waals surface area contributed by atoms with Gasteiger partial charge in [-0.1, -0.05) is 5.16 Å². The van der Waals surface area contributed by atoms with Crippen molar-refractivity contribution in [3.8, 4) is 11.5 Å². The van der Waals surface area contributed by atoms with E-state index in [0.29, 0.717) is 43.5 Å². The van der Waals surface area contributed by atoms with Gasteiger partial charge in [0, 0.05) is 30.9 Å². The van der Waals surface area contributed by atoms with E-state index in [1.165, 1.54) is 4.31 Å². The molecule has 1 fully saturated rings. The van der Waals surface area contributed by atoms with Crippen molar-refractivity contribution in [3.05, 3.63) is 29.7 Å². The Balaban J connectivity index is 1.50. The summed E-state index contributed by atoms with van der Waals surface area (Å²) in [6.45, 7) is 5.24. The summed E-state index contributed by atoms with van der Waals surface area (Å²) in [5.41, 5.74) is 1.29. The average Bonchev–Trinajstić information content (AvgIpc) is 3.01. The minimum Gasteiger partial charge on any atom is -0.486 e. The third-order valence-corrected chi connectivity index (χ3v) is 6.97. The van der Waals surface area contributed by atoms with Gasteiger partial charge in [0.15, 0.2) is 17.3 Å². The lowest BCUT2D eigenvalue weighted by atomic mass is 10.1. The highest BCUT2D eigenvalue weighted by atomic mass is 32.2. The van der Waals surface area contributed by atoms with Crippen molar-refractivity contribution < 1.29 is 22.4 Å².